The molecule has 0 spiro atoms. The summed E-state index contributed by atoms with van der Waals surface area (Å²) < 4.78 is 16.8. The highest BCUT2D eigenvalue weighted by molar-refractivity contribution is 5.71. The van der Waals surface area contributed by atoms with E-state index in [1.165, 1.54) is 199 Å². The first kappa shape index (κ1) is 58.4. The summed E-state index contributed by atoms with van der Waals surface area (Å²) in [6.07, 6.45) is 50.8. The van der Waals surface area contributed by atoms with Gasteiger partial charge in [0.1, 0.15) is 13.2 Å². The Morgan fingerprint density at radius 2 is 0.550 bits per heavy atom. The van der Waals surface area contributed by atoms with E-state index in [1.54, 1.807) is 0 Å². The van der Waals surface area contributed by atoms with Gasteiger partial charge in [-0.05, 0) is 25.2 Å². The van der Waals surface area contributed by atoms with E-state index in [-0.39, 0.29) is 31.1 Å². The van der Waals surface area contributed by atoms with Crippen molar-refractivity contribution in [3.05, 3.63) is 0 Å². The van der Waals surface area contributed by atoms with Crippen LogP contribution in [0.25, 0.3) is 0 Å². The highest BCUT2D eigenvalue weighted by Gasteiger charge is 2.19. The van der Waals surface area contributed by atoms with Gasteiger partial charge >= 0.3 is 17.9 Å². The third-order valence-electron chi connectivity index (χ3n) is 12.3. The van der Waals surface area contributed by atoms with E-state index in [9.17, 15) is 14.4 Å². The van der Waals surface area contributed by atoms with Crippen molar-refractivity contribution in [1.29, 1.82) is 0 Å². The topological polar surface area (TPSA) is 78.9 Å². The molecule has 0 fully saturated rings. The monoisotopic (exact) mass is 849 g/mol. The molecule has 1 atom stereocenters. The molecular weight excluding hydrogens is 745 g/mol. The SMILES string of the molecule is CCCCCCCCCCCCCCCCC(=O)O[C@@H](COC(=O)CCCCCCCCCCCCCC)COC(=O)CCCCCCCCCCCCCCCC(C)C. The van der Waals surface area contributed by atoms with Gasteiger partial charge in [0.25, 0.3) is 0 Å². The first-order chi connectivity index (χ1) is 29.4. The molecule has 0 saturated heterocycles. The summed E-state index contributed by atoms with van der Waals surface area (Å²) in [5.41, 5.74) is 0. The average molecular weight is 849 g/mol. The average Bonchev–Trinajstić information content (AvgIpc) is 3.23. The zero-order chi connectivity index (χ0) is 43.8. The zero-order valence-electron chi connectivity index (χ0n) is 40.9. The van der Waals surface area contributed by atoms with Crippen molar-refractivity contribution in [3.8, 4) is 0 Å². The maximum atomic E-state index is 12.8. The van der Waals surface area contributed by atoms with Crippen molar-refractivity contribution < 1.29 is 28.6 Å². The second kappa shape index (κ2) is 48.4. The highest BCUT2D eigenvalue weighted by atomic mass is 16.6. The number of ether oxygens (including phenoxy) is 3. The van der Waals surface area contributed by atoms with E-state index in [0.717, 1.165) is 63.7 Å². The predicted molar refractivity (Wildman–Crippen MR) is 257 cm³/mol. The summed E-state index contributed by atoms with van der Waals surface area (Å²) in [5, 5.41) is 0. The molecule has 0 aliphatic heterocycles. The van der Waals surface area contributed by atoms with Gasteiger partial charge < -0.3 is 14.2 Å². The number of esters is 3. The summed E-state index contributed by atoms with van der Waals surface area (Å²) in [7, 11) is 0. The minimum atomic E-state index is -0.760. The number of hydrogen-bond acceptors (Lipinski definition) is 6. The number of carbonyl (C=O) groups is 3. The van der Waals surface area contributed by atoms with Crippen LogP contribution in [-0.4, -0.2) is 37.2 Å². The summed E-state index contributed by atoms with van der Waals surface area (Å²) in [5.74, 6) is -0.000986. The number of rotatable bonds is 49. The number of unbranched alkanes of at least 4 members (excludes halogenated alkanes) is 36. The molecular formula is C54H104O6. The number of carbonyl (C=O) groups excluding carboxylic acids is 3. The van der Waals surface area contributed by atoms with Crippen LogP contribution in [0.3, 0.4) is 0 Å². The van der Waals surface area contributed by atoms with Crippen LogP contribution in [0.4, 0.5) is 0 Å². The van der Waals surface area contributed by atoms with Gasteiger partial charge in [-0.2, -0.15) is 0 Å². The van der Waals surface area contributed by atoms with Crippen molar-refractivity contribution in [1.82, 2.24) is 0 Å². The van der Waals surface area contributed by atoms with E-state index >= 15 is 0 Å². The van der Waals surface area contributed by atoms with Crippen molar-refractivity contribution in [3.63, 3.8) is 0 Å². The molecule has 0 aliphatic rings. The molecule has 0 heterocycles. The van der Waals surface area contributed by atoms with Gasteiger partial charge in [-0.25, -0.2) is 0 Å². The normalized spacial score (nSPS) is 11.9. The van der Waals surface area contributed by atoms with Crippen LogP contribution in [0, 0.1) is 5.92 Å². The Morgan fingerprint density at radius 3 is 0.817 bits per heavy atom. The lowest BCUT2D eigenvalue weighted by atomic mass is 10.0. The highest BCUT2D eigenvalue weighted by Crippen LogP contribution is 2.17. The quantitative estimate of drug-likeness (QED) is 0.0345. The lowest BCUT2D eigenvalue weighted by molar-refractivity contribution is -0.167. The van der Waals surface area contributed by atoms with Gasteiger partial charge in [-0.1, -0.05) is 265 Å². The van der Waals surface area contributed by atoms with E-state index in [0.29, 0.717) is 19.3 Å². The van der Waals surface area contributed by atoms with E-state index in [4.69, 9.17) is 14.2 Å². The molecule has 0 aromatic carbocycles. The second-order valence-corrected chi connectivity index (χ2v) is 19.0. The Bertz CT molecular complexity index is 903. The molecule has 0 rings (SSSR count). The summed E-state index contributed by atoms with van der Waals surface area (Å²) in [4.78, 5) is 38.0. The van der Waals surface area contributed by atoms with Crippen molar-refractivity contribution in [2.45, 2.75) is 310 Å². The molecule has 0 bridgehead atoms. The fraction of sp³-hybridized carbons (Fsp3) is 0.944. The van der Waals surface area contributed by atoms with Crippen LogP contribution in [0.15, 0.2) is 0 Å². The third kappa shape index (κ3) is 47.5. The summed E-state index contributed by atoms with van der Waals surface area (Å²) >= 11 is 0. The lowest BCUT2D eigenvalue weighted by Crippen LogP contribution is -2.30. The van der Waals surface area contributed by atoms with Crippen LogP contribution >= 0.6 is 0 Å². The minimum absolute atomic E-state index is 0.0624. The first-order valence-corrected chi connectivity index (χ1v) is 26.9. The molecule has 0 aromatic heterocycles. The van der Waals surface area contributed by atoms with Gasteiger partial charge in [0.15, 0.2) is 6.10 Å². The zero-order valence-corrected chi connectivity index (χ0v) is 40.9. The van der Waals surface area contributed by atoms with Crippen molar-refractivity contribution >= 4 is 17.9 Å². The minimum Gasteiger partial charge on any atom is -0.462 e. The number of hydrogen-bond donors (Lipinski definition) is 0. The maximum Gasteiger partial charge on any atom is 0.306 e. The summed E-state index contributed by atoms with van der Waals surface area (Å²) in [6, 6.07) is 0. The summed E-state index contributed by atoms with van der Waals surface area (Å²) in [6.45, 7) is 9.04. The van der Waals surface area contributed by atoms with Gasteiger partial charge in [-0.15, -0.1) is 0 Å². The first-order valence-electron chi connectivity index (χ1n) is 26.9. The van der Waals surface area contributed by atoms with Crippen LogP contribution in [-0.2, 0) is 28.6 Å². The molecule has 0 N–H and O–H groups in total. The molecule has 6 nitrogen and oxygen atoms in total. The van der Waals surface area contributed by atoms with Crippen molar-refractivity contribution in [2.75, 3.05) is 13.2 Å². The molecule has 0 aromatic rings. The molecule has 6 heteroatoms. The van der Waals surface area contributed by atoms with Crippen LogP contribution in [0.2, 0.25) is 0 Å². The maximum absolute atomic E-state index is 12.8. The van der Waals surface area contributed by atoms with E-state index < -0.39 is 6.10 Å². The molecule has 60 heavy (non-hydrogen) atoms. The largest absolute Gasteiger partial charge is 0.462 e. The molecule has 0 amide bonds. The van der Waals surface area contributed by atoms with Crippen LogP contribution < -0.4 is 0 Å². The van der Waals surface area contributed by atoms with Crippen LogP contribution in [0.5, 0.6) is 0 Å². The predicted octanol–water partition coefficient (Wildman–Crippen LogP) is 17.5. The van der Waals surface area contributed by atoms with Crippen LogP contribution in [0.1, 0.15) is 304 Å². The fourth-order valence-corrected chi connectivity index (χ4v) is 8.22. The van der Waals surface area contributed by atoms with E-state index in [1.807, 2.05) is 0 Å². The van der Waals surface area contributed by atoms with Crippen molar-refractivity contribution in [2.24, 2.45) is 5.92 Å². The molecule has 0 unspecified atom stereocenters. The van der Waals surface area contributed by atoms with Gasteiger partial charge in [0.05, 0.1) is 0 Å². The third-order valence-corrected chi connectivity index (χ3v) is 12.3. The van der Waals surface area contributed by atoms with Gasteiger partial charge in [-0.3, -0.25) is 14.4 Å². The van der Waals surface area contributed by atoms with Gasteiger partial charge in [0.2, 0.25) is 0 Å². The Balaban J connectivity index is 4.29. The Kier molecular flexibility index (Phi) is 47.2. The molecule has 356 valence electrons. The molecule has 0 saturated carbocycles. The van der Waals surface area contributed by atoms with Gasteiger partial charge in [0, 0.05) is 19.3 Å². The smallest absolute Gasteiger partial charge is 0.306 e. The Hall–Kier alpha value is -1.59. The fourth-order valence-electron chi connectivity index (χ4n) is 8.22. The second-order valence-electron chi connectivity index (χ2n) is 19.0. The Morgan fingerprint density at radius 1 is 0.317 bits per heavy atom. The Labute approximate surface area is 374 Å². The lowest BCUT2D eigenvalue weighted by Gasteiger charge is -2.18. The molecule has 0 aliphatic carbocycles. The van der Waals surface area contributed by atoms with E-state index in [2.05, 4.69) is 27.7 Å². The standard InChI is InChI=1S/C54H104O6/c1-5-7-9-11-13-15-17-19-22-27-31-35-39-43-47-54(57)60-51(48-58-52(55)45-41-37-33-29-25-18-16-14-12-10-8-6-2)49-59-53(56)46-42-38-34-30-26-23-20-21-24-28-32-36-40-44-50(3)4/h50-51H,5-49H2,1-4H3/t51-/m0/s1. The molecule has 0 radical (unpaired) electrons.